The highest BCUT2D eigenvalue weighted by molar-refractivity contribution is 9.09. The molecule has 66 valence electrons. The Bertz CT molecular complexity index is 132. The Morgan fingerprint density at radius 2 is 2.18 bits per heavy atom. The monoisotopic (exact) mass is 229 g/mol. The summed E-state index contributed by atoms with van der Waals surface area (Å²) in [5.41, 5.74) is 0. The Morgan fingerprint density at radius 1 is 1.64 bits per heavy atom. The highest BCUT2D eigenvalue weighted by Crippen LogP contribution is 2.02. The summed E-state index contributed by atoms with van der Waals surface area (Å²) in [5, 5.41) is 2.55. The third kappa shape index (κ3) is 6.22. The molecule has 1 unspecified atom stereocenters. The molecular formula is C6H10BrF2NO. The number of alkyl halides is 3. The van der Waals surface area contributed by atoms with Gasteiger partial charge in [0.1, 0.15) is 0 Å². The van der Waals surface area contributed by atoms with E-state index in [1.54, 1.807) is 6.92 Å². The van der Waals surface area contributed by atoms with Gasteiger partial charge in [0.2, 0.25) is 12.3 Å². The molecule has 1 N–H and O–H groups in total. The number of hydrogen-bond acceptors (Lipinski definition) is 1. The smallest absolute Gasteiger partial charge is 0.240 e. The summed E-state index contributed by atoms with van der Waals surface area (Å²) in [6.07, 6.45) is -2.65. The topological polar surface area (TPSA) is 29.1 Å². The first kappa shape index (κ1) is 10.8. The van der Waals surface area contributed by atoms with Gasteiger partial charge in [-0.1, -0.05) is 15.9 Å². The number of rotatable bonds is 4. The second-order valence-electron chi connectivity index (χ2n) is 2.23. The second kappa shape index (κ2) is 5.46. The summed E-state index contributed by atoms with van der Waals surface area (Å²) in [7, 11) is 0. The minimum Gasteiger partial charge on any atom is -0.353 e. The molecule has 0 aromatic carbocycles. The predicted molar refractivity (Wildman–Crippen MR) is 42.0 cm³/mol. The molecule has 2 nitrogen and oxygen atoms in total. The Kier molecular flexibility index (Phi) is 5.36. The van der Waals surface area contributed by atoms with Gasteiger partial charge >= 0.3 is 0 Å². The van der Waals surface area contributed by atoms with Crippen LogP contribution in [0.25, 0.3) is 0 Å². The van der Waals surface area contributed by atoms with E-state index in [9.17, 15) is 13.6 Å². The maximum absolute atomic E-state index is 11.7. The molecule has 11 heavy (non-hydrogen) atoms. The first-order chi connectivity index (χ1) is 5.06. The molecule has 1 amide bonds. The van der Waals surface area contributed by atoms with Crippen molar-refractivity contribution in [1.82, 2.24) is 5.32 Å². The van der Waals surface area contributed by atoms with Gasteiger partial charge in [0, 0.05) is 12.5 Å². The third-order valence-corrected chi connectivity index (χ3v) is 1.57. The van der Waals surface area contributed by atoms with Gasteiger partial charge in [-0.2, -0.15) is 0 Å². The van der Waals surface area contributed by atoms with Crippen LogP contribution in [0.4, 0.5) is 8.78 Å². The summed E-state index contributed by atoms with van der Waals surface area (Å²) in [6, 6.07) is -0.458. The number of amides is 1. The standard InChI is InChI=1S/C6H10BrF2NO/c1-4(2-5(8)9)10-6(11)3-7/h4-5H,2-3H2,1H3,(H,10,11). The molecule has 0 bridgehead atoms. The highest BCUT2D eigenvalue weighted by Gasteiger charge is 2.11. The zero-order chi connectivity index (χ0) is 8.85. The van der Waals surface area contributed by atoms with Crippen molar-refractivity contribution in [3.8, 4) is 0 Å². The van der Waals surface area contributed by atoms with Crippen LogP contribution in [0.1, 0.15) is 13.3 Å². The number of nitrogens with one attached hydrogen (secondary N) is 1. The SMILES string of the molecule is CC(CC(F)F)NC(=O)CBr. The normalized spacial score (nSPS) is 13.2. The average Bonchev–Trinajstić information content (AvgIpc) is 1.85. The molecule has 0 radical (unpaired) electrons. The lowest BCUT2D eigenvalue weighted by atomic mass is 10.2. The highest BCUT2D eigenvalue weighted by atomic mass is 79.9. The fourth-order valence-electron chi connectivity index (χ4n) is 0.640. The largest absolute Gasteiger partial charge is 0.353 e. The van der Waals surface area contributed by atoms with Crippen LogP contribution in [0.2, 0.25) is 0 Å². The predicted octanol–water partition coefficient (Wildman–Crippen LogP) is 1.54. The van der Waals surface area contributed by atoms with Crippen molar-refractivity contribution in [2.24, 2.45) is 0 Å². The molecule has 0 aliphatic rings. The Hall–Kier alpha value is -0.190. The first-order valence-electron chi connectivity index (χ1n) is 3.19. The van der Waals surface area contributed by atoms with Gasteiger partial charge < -0.3 is 5.32 Å². The molecule has 0 saturated heterocycles. The molecule has 0 fully saturated rings. The Balaban J connectivity index is 3.51. The van der Waals surface area contributed by atoms with Crippen molar-refractivity contribution < 1.29 is 13.6 Å². The van der Waals surface area contributed by atoms with Gasteiger partial charge in [0.25, 0.3) is 0 Å². The van der Waals surface area contributed by atoms with E-state index in [1.165, 1.54) is 0 Å². The van der Waals surface area contributed by atoms with Crippen molar-refractivity contribution in [2.75, 3.05) is 5.33 Å². The van der Waals surface area contributed by atoms with E-state index in [1.807, 2.05) is 0 Å². The number of hydrogen-bond donors (Lipinski definition) is 1. The van der Waals surface area contributed by atoms with Crippen LogP contribution in [0, 0.1) is 0 Å². The summed E-state index contributed by atoms with van der Waals surface area (Å²) < 4.78 is 23.4. The van der Waals surface area contributed by atoms with Gasteiger partial charge in [0.05, 0.1) is 5.33 Å². The van der Waals surface area contributed by atoms with Crippen LogP contribution in [0.5, 0.6) is 0 Å². The van der Waals surface area contributed by atoms with E-state index in [0.29, 0.717) is 0 Å². The molecule has 1 atom stereocenters. The van der Waals surface area contributed by atoms with E-state index in [-0.39, 0.29) is 17.7 Å². The third-order valence-electron chi connectivity index (χ3n) is 1.06. The van der Waals surface area contributed by atoms with Crippen molar-refractivity contribution in [3.63, 3.8) is 0 Å². The van der Waals surface area contributed by atoms with Gasteiger partial charge in [-0.25, -0.2) is 8.78 Å². The average molecular weight is 230 g/mol. The van der Waals surface area contributed by atoms with E-state index in [2.05, 4.69) is 21.2 Å². The van der Waals surface area contributed by atoms with E-state index < -0.39 is 12.5 Å². The molecular weight excluding hydrogens is 220 g/mol. The lowest BCUT2D eigenvalue weighted by molar-refractivity contribution is -0.119. The Morgan fingerprint density at radius 3 is 2.55 bits per heavy atom. The summed E-state index contributed by atoms with van der Waals surface area (Å²) in [5.74, 6) is -0.266. The molecule has 0 saturated carbocycles. The maximum Gasteiger partial charge on any atom is 0.240 e. The number of halogens is 3. The van der Waals surface area contributed by atoms with E-state index in [4.69, 9.17) is 0 Å². The minimum absolute atomic E-state index is 0.153. The minimum atomic E-state index is -2.36. The lowest BCUT2D eigenvalue weighted by Crippen LogP contribution is -2.34. The zero-order valence-corrected chi connectivity index (χ0v) is 7.70. The van der Waals surface area contributed by atoms with Crippen molar-refractivity contribution >= 4 is 21.8 Å². The van der Waals surface area contributed by atoms with Crippen molar-refractivity contribution in [2.45, 2.75) is 25.8 Å². The fraction of sp³-hybridized carbons (Fsp3) is 0.833. The van der Waals surface area contributed by atoms with Crippen LogP contribution in [0.3, 0.4) is 0 Å². The fourth-order valence-corrected chi connectivity index (χ4v) is 0.801. The lowest BCUT2D eigenvalue weighted by Gasteiger charge is -2.11. The maximum atomic E-state index is 11.7. The van der Waals surface area contributed by atoms with Crippen molar-refractivity contribution in [3.05, 3.63) is 0 Å². The molecule has 0 aromatic heterocycles. The molecule has 0 heterocycles. The van der Waals surface area contributed by atoms with Crippen LogP contribution < -0.4 is 5.32 Å². The summed E-state index contributed by atoms with van der Waals surface area (Å²) >= 11 is 2.91. The zero-order valence-electron chi connectivity index (χ0n) is 6.11. The van der Waals surface area contributed by atoms with E-state index in [0.717, 1.165) is 0 Å². The summed E-state index contributed by atoms with van der Waals surface area (Å²) in [4.78, 5) is 10.6. The molecule has 0 spiro atoms. The van der Waals surface area contributed by atoms with Crippen LogP contribution in [-0.2, 0) is 4.79 Å². The first-order valence-corrected chi connectivity index (χ1v) is 4.32. The molecule has 0 rings (SSSR count). The molecule has 0 aliphatic heterocycles. The quantitative estimate of drug-likeness (QED) is 0.729. The van der Waals surface area contributed by atoms with Crippen LogP contribution in [0.15, 0.2) is 0 Å². The number of carbonyl (C=O) groups is 1. The molecule has 0 aliphatic carbocycles. The van der Waals surface area contributed by atoms with Crippen molar-refractivity contribution in [1.29, 1.82) is 0 Å². The van der Waals surface area contributed by atoms with Gasteiger partial charge in [-0.3, -0.25) is 4.79 Å². The summed E-state index contributed by atoms with van der Waals surface area (Å²) in [6.45, 7) is 1.55. The molecule has 0 aromatic rings. The van der Waals surface area contributed by atoms with Crippen LogP contribution >= 0.6 is 15.9 Å². The van der Waals surface area contributed by atoms with E-state index >= 15 is 0 Å². The van der Waals surface area contributed by atoms with Gasteiger partial charge in [0.15, 0.2) is 0 Å². The number of carbonyl (C=O) groups excluding carboxylic acids is 1. The second-order valence-corrected chi connectivity index (χ2v) is 2.79. The Labute approximate surface area is 72.5 Å². The van der Waals surface area contributed by atoms with Crippen LogP contribution in [-0.4, -0.2) is 23.7 Å². The van der Waals surface area contributed by atoms with Gasteiger partial charge in [-0.05, 0) is 6.92 Å². The van der Waals surface area contributed by atoms with Gasteiger partial charge in [-0.15, -0.1) is 0 Å². The molecule has 5 heteroatoms.